The number of aliphatic hydroxyl groups excluding tert-OH is 1. The fraction of sp³-hybridized carbons (Fsp3) is 0.650. The SMILES string of the molecule is COc1nc2c(cc1CNC(=O)C(O)CC(C)C)C(=O)N(C1CCCC1)C2. The molecule has 1 unspecified atom stereocenters. The van der Waals surface area contributed by atoms with Crippen LogP contribution in [0.25, 0.3) is 0 Å². The first-order valence-corrected chi connectivity index (χ1v) is 9.74. The Labute approximate surface area is 160 Å². The highest BCUT2D eigenvalue weighted by molar-refractivity contribution is 5.98. The molecule has 1 saturated carbocycles. The van der Waals surface area contributed by atoms with Gasteiger partial charge < -0.3 is 20.1 Å². The highest BCUT2D eigenvalue weighted by Crippen LogP contribution is 2.33. The van der Waals surface area contributed by atoms with E-state index in [1.54, 1.807) is 6.07 Å². The molecule has 1 aliphatic heterocycles. The van der Waals surface area contributed by atoms with Crippen molar-refractivity contribution >= 4 is 11.8 Å². The number of aliphatic hydroxyl groups is 1. The number of pyridine rings is 1. The minimum absolute atomic E-state index is 0.0134. The predicted molar refractivity (Wildman–Crippen MR) is 100 cm³/mol. The van der Waals surface area contributed by atoms with Gasteiger partial charge in [0.15, 0.2) is 0 Å². The van der Waals surface area contributed by atoms with Crippen molar-refractivity contribution in [3.63, 3.8) is 0 Å². The lowest BCUT2D eigenvalue weighted by Gasteiger charge is -2.22. The summed E-state index contributed by atoms with van der Waals surface area (Å²) in [6.45, 7) is 4.58. The molecular formula is C20H29N3O4. The monoisotopic (exact) mass is 375 g/mol. The number of hydrogen-bond donors (Lipinski definition) is 2. The van der Waals surface area contributed by atoms with Crippen LogP contribution in [-0.2, 0) is 17.9 Å². The number of nitrogens with one attached hydrogen (secondary N) is 1. The van der Waals surface area contributed by atoms with Gasteiger partial charge in [-0.05, 0) is 31.2 Å². The number of methoxy groups -OCH3 is 1. The van der Waals surface area contributed by atoms with Crippen LogP contribution < -0.4 is 10.1 Å². The quantitative estimate of drug-likeness (QED) is 0.761. The number of ether oxygens (including phenoxy) is 1. The molecule has 2 N–H and O–H groups in total. The van der Waals surface area contributed by atoms with Crippen LogP contribution in [0, 0.1) is 5.92 Å². The van der Waals surface area contributed by atoms with E-state index in [4.69, 9.17) is 4.74 Å². The van der Waals surface area contributed by atoms with E-state index in [-0.39, 0.29) is 18.4 Å². The summed E-state index contributed by atoms with van der Waals surface area (Å²) in [5.74, 6) is 0.222. The van der Waals surface area contributed by atoms with Gasteiger partial charge in [-0.2, -0.15) is 0 Å². The third-order valence-electron chi connectivity index (χ3n) is 5.36. The van der Waals surface area contributed by atoms with Gasteiger partial charge in [0.25, 0.3) is 5.91 Å². The van der Waals surface area contributed by atoms with E-state index in [2.05, 4.69) is 10.3 Å². The molecule has 0 aromatic carbocycles. The summed E-state index contributed by atoms with van der Waals surface area (Å²) in [4.78, 5) is 31.3. The van der Waals surface area contributed by atoms with Crippen LogP contribution >= 0.6 is 0 Å². The first kappa shape index (κ1) is 19.6. The van der Waals surface area contributed by atoms with Crippen LogP contribution in [-0.4, -0.2) is 46.1 Å². The zero-order valence-electron chi connectivity index (χ0n) is 16.3. The predicted octanol–water partition coefficient (Wildman–Crippen LogP) is 2.01. The summed E-state index contributed by atoms with van der Waals surface area (Å²) < 4.78 is 5.37. The number of rotatable bonds is 7. The number of carbonyl (C=O) groups excluding carboxylic acids is 2. The second kappa shape index (κ2) is 8.25. The van der Waals surface area contributed by atoms with Gasteiger partial charge in [-0.15, -0.1) is 0 Å². The Morgan fingerprint density at radius 2 is 2.11 bits per heavy atom. The molecule has 3 rings (SSSR count). The number of fused-ring (bicyclic) bond motifs is 1. The molecule has 0 spiro atoms. The van der Waals surface area contributed by atoms with Crippen molar-refractivity contribution in [3.05, 3.63) is 22.9 Å². The first-order chi connectivity index (χ1) is 12.9. The van der Waals surface area contributed by atoms with E-state index in [0.717, 1.165) is 31.4 Å². The molecular weight excluding hydrogens is 346 g/mol. The Balaban J connectivity index is 1.72. The molecule has 0 radical (unpaired) electrons. The first-order valence-electron chi connectivity index (χ1n) is 9.74. The van der Waals surface area contributed by atoms with Crippen molar-refractivity contribution in [2.75, 3.05) is 7.11 Å². The largest absolute Gasteiger partial charge is 0.481 e. The maximum absolute atomic E-state index is 12.8. The van der Waals surface area contributed by atoms with Crippen molar-refractivity contribution in [1.82, 2.24) is 15.2 Å². The highest BCUT2D eigenvalue weighted by Gasteiger charge is 2.36. The Kier molecular flexibility index (Phi) is 5.99. The van der Waals surface area contributed by atoms with Crippen LogP contribution in [0.4, 0.5) is 0 Å². The van der Waals surface area contributed by atoms with Crippen molar-refractivity contribution in [2.24, 2.45) is 5.92 Å². The van der Waals surface area contributed by atoms with Crippen LogP contribution in [0.2, 0.25) is 0 Å². The summed E-state index contributed by atoms with van der Waals surface area (Å²) in [5, 5.41) is 12.6. The Bertz CT molecular complexity index is 713. The number of hydrogen-bond acceptors (Lipinski definition) is 5. The average Bonchev–Trinajstić information content (AvgIpc) is 3.26. The maximum Gasteiger partial charge on any atom is 0.256 e. The van der Waals surface area contributed by atoms with Crippen molar-refractivity contribution in [1.29, 1.82) is 0 Å². The minimum atomic E-state index is -1.04. The molecule has 1 aromatic rings. The highest BCUT2D eigenvalue weighted by atomic mass is 16.5. The number of carbonyl (C=O) groups is 2. The van der Waals surface area contributed by atoms with Crippen molar-refractivity contribution in [3.8, 4) is 5.88 Å². The summed E-state index contributed by atoms with van der Waals surface area (Å²) in [7, 11) is 1.53. The number of aromatic nitrogens is 1. The molecule has 7 heteroatoms. The van der Waals surface area contributed by atoms with Crippen LogP contribution in [0.15, 0.2) is 6.07 Å². The fourth-order valence-electron chi connectivity index (χ4n) is 3.94. The zero-order valence-corrected chi connectivity index (χ0v) is 16.3. The molecule has 2 amide bonds. The molecule has 7 nitrogen and oxygen atoms in total. The summed E-state index contributed by atoms with van der Waals surface area (Å²) >= 11 is 0. The van der Waals surface area contributed by atoms with Crippen LogP contribution in [0.5, 0.6) is 5.88 Å². The molecule has 2 aliphatic rings. The van der Waals surface area contributed by atoms with E-state index in [9.17, 15) is 14.7 Å². The second-order valence-electron chi connectivity index (χ2n) is 7.89. The molecule has 1 atom stereocenters. The van der Waals surface area contributed by atoms with E-state index < -0.39 is 12.0 Å². The number of amides is 2. The lowest BCUT2D eigenvalue weighted by molar-refractivity contribution is -0.130. The molecule has 0 saturated heterocycles. The van der Waals surface area contributed by atoms with E-state index in [0.29, 0.717) is 36.0 Å². The van der Waals surface area contributed by atoms with Crippen LogP contribution in [0.1, 0.15) is 67.6 Å². The summed E-state index contributed by atoms with van der Waals surface area (Å²) in [5.41, 5.74) is 1.97. The Morgan fingerprint density at radius 1 is 1.41 bits per heavy atom. The standard InChI is InChI=1S/C20H29N3O4/c1-12(2)8-17(24)18(25)21-10-13-9-15-16(22-19(13)27-3)11-23(20(15)26)14-6-4-5-7-14/h9,12,14,17,24H,4-8,10-11H2,1-3H3,(H,21,25). The minimum Gasteiger partial charge on any atom is -0.481 e. The van der Waals surface area contributed by atoms with Crippen LogP contribution in [0.3, 0.4) is 0 Å². The Morgan fingerprint density at radius 3 is 2.74 bits per heavy atom. The molecule has 148 valence electrons. The molecule has 1 fully saturated rings. The van der Waals surface area contributed by atoms with Gasteiger partial charge in [0.1, 0.15) is 6.10 Å². The molecule has 1 aliphatic carbocycles. The topological polar surface area (TPSA) is 91.8 Å². The maximum atomic E-state index is 12.8. The second-order valence-corrected chi connectivity index (χ2v) is 7.89. The van der Waals surface area contributed by atoms with E-state index in [1.165, 1.54) is 7.11 Å². The molecule has 0 bridgehead atoms. The lowest BCUT2D eigenvalue weighted by atomic mass is 10.1. The molecule has 27 heavy (non-hydrogen) atoms. The zero-order chi connectivity index (χ0) is 19.6. The van der Waals surface area contributed by atoms with Crippen molar-refractivity contribution < 1.29 is 19.4 Å². The normalized spacial score (nSPS) is 18.1. The molecule has 2 heterocycles. The Hall–Kier alpha value is -2.15. The fourth-order valence-corrected chi connectivity index (χ4v) is 3.94. The molecule has 1 aromatic heterocycles. The lowest BCUT2D eigenvalue weighted by Crippen LogP contribution is -2.35. The average molecular weight is 375 g/mol. The van der Waals surface area contributed by atoms with Gasteiger partial charge in [0.05, 0.1) is 24.9 Å². The van der Waals surface area contributed by atoms with Crippen molar-refractivity contribution in [2.45, 2.75) is 71.2 Å². The summed E-state index contributed by atoms with van der Waals surface area (Å²) in [6, 6.07) is 2.07. The third kappa shape index (κ3) is 4.24. The summed E-state index contributed by atoms with van der Waals surface area (Å²) in [6.07, 6.45) is 3.79. The van der Waals surface area contributed by atoms with E-state index in [1.807, 2.05) is 18.7 Å². The van der Waals surface area contributed by atoms with Gasteiger partial charge in [-0.25, -0.2) is 4.98 Å². The smallest absolute Gasteiger partial charge is 0.256 e. The van der Waals surface area contributed by atoms with Gasteiger partial charge in [-0.3, -0.25) is 9.59 Å². The number of nitrogens with zero attached hydrogens (tertiary/aromatic N) is 2. The van der Waals surface area contributed by atoms with Gasteiger partial charge in [0.2, 0.25) is 11.8 Å². The van der Waals surface area contributed by atoms with Gasteiger partial charge in [0, 0.05) is 18.2 Å². The van der Waals surface area contributed by atoms with Gasteiger partial charge in [-0.1, -0.05) is 26.7 Å². The van der Waals surface area contributed by atoms with E-state index >= 15 is 0 Å². The third-order valence-corrected chi connectivity index (χ3v) is 5.36. The van der Waals surface area contributed by atoms with Gasteiger partial charge >= 0.3 is 0 Å².